The van der Waals surface area contributed by atoms with Crippen molar-refractivity contribution in [3.8, 4) is 33.5 Å². The summed E-state index contributed by atoms with van der Waals surface area (Å²) in [5.41, 5.74) is 10.8. The molecule has 5 aromatic rings. The molecule has 2 aliphatic rings. The van der Waals surface area contributed by atoms with Crippen molar-refractivity contribution in [1.82, 2.24) is 14.9 Å². The predicted octanol–water partition coefficient (Wildman–Crippen LogP) is 8.20. The number of pyridine rings is 1. The number of halogens is 1. The second kappa shape index (κ2) is 10.1. The third-order valence-corrected chi connectivity index (χ3v) is 8.33. The summed E-state index contributed by atoms with van der Waals surface area (Å²) >= 11 is 0. The summed E-state index contributed by atoms with van der Waals surface area (Å²) in [6.07, 6.45) is 10.4. The van der Waals surface area contributed by atoms with Gasteiger partial charge in [-0.2, -0.15) is 0 Å². The van der Waals surface area contributed by atoms with Crippen LogP contribution in [0.15, 0.2) is 116 Å². The van der Waals surface area contributed by atoms with Crippen LogP contribution in [-0.2, 0) is 0 Å². The van der Waals surface area contributed by atoms with Crippen LogP contribution in [0.5, 0.6) is 0 Å². The fraction of sp³-hybridized carbons (Fsp3) is 0.171. The molecule has 192 valence electrons. The molecular weight excluding hydrogens is 481 g/mol. The van der Waals surface area contributed by atoms with E-state index < -0.39 is 0 Å². The van der Waals surface area contributed by atoms with Gasteiger partial charge in [0.15, 0.2) is 0 Å². The minimum Gasteiger partial charge on any atom is -0.360 e. The number of benzene rings is 3. The first-order valence-electron chi connectivity index (χ1n) is 13.7. The number of rotatable bonds is 5. The van der Waals surface area contributed by atoms with E-state index in [4.69, 9.17) is 0 Å². The zero-order valence-corrected chi connectivity index (χ0v) is 21.7. The van der Waals surface area contributed by atoms with Crippen LogP contribution < -0.4 is 0 Å². The Hall–Kier alpha value is -4.28. The van der Waals surface area contributed by atoms with Crippen LogP contribution in [0, 0.1) is 5.82 Å². The van der Waals surface area contributed by atoms with Crippen molar-refractivity contribution in [2.75, 3.05) is 13.1 Å². The van der Waals surface area contributed by atoms with E-state index in [2.05, 4.69) is 93.9 Å². The van der Waals surface area contributed by atoms with E-state index in [-0.39, 0.29) is 5.82 Å². The molecule has 2 aromatic heterocycles. The van der Waals surface area contributed by atoms with Crippen LogP contribution in [-0.4, -0.2) is 34.0 Å². The van der Waals surface area contributed by atoms with Crippen molar-refractivity contribution < 1.29 is 4.39 Å². The van der Waals surface area contributed by atoms with Gasteiger partial charge in [0, 0.05) is 48.8 Å². The second-order valence-corrected chi connectivity index (χ2v) is 10.6. The second-order valence-electron chi connectivity index (χ2n) is 10.6. The molecule has 1 saturated heterocycles. The molecule has 4 heterocycles. The molecule has 0 amide bonds. The first-order valence-corrected chi connectivity index (χ1v) is 13.7. The maximum Gasteiger partial charge on any atom is 0.123 e. The summed E-state index contributed by atoms with van der Waals surface area (Å²) in [7, 11) is 0. The van der Waals surface area contributed by atoms with E-state index in [1.54, 1.807) is 0 Å². The van der Waals surface area contributed by atoms with Crippen molar-refractivity contribution in [3.63, 3.8) is 0 Å². The van der Waals surface area contributed by atoms with Crippen LogP contribution in [0.3, 0.4) is 0 Å². The minimum absolute atomic E-state index is 0.225. The van der Waals surface area contributed by atoms with Gasteiger partial charge in [-0.1, -0.05) is 60.7 Å². The molecular formula is C35H30FN3. The lowest BCUT2D eigenvalue weighted by Gasteiger charge is -2.28. The number of nitrogens with one attached hydrogen (secondary N) is 1. The number of nitrogens with zero attached hydrogens (tertiary/aromatic N) is 2. The lowest BCUT2D eigenvalue weighted by Crippen LogP contribution is -2.32. The standard InChI is InChI=1S/C35H30FN3/c36-31-12-10-28(11-13-31)35-34(27-14-17-37-18-15-27)33(22-38-35)29-16-19-39-23-30(21-32(39)20-29)26-8-6-25(7-9-26)24-4-2-1-3-5-24/h1-15,17-18,20,22,30,32,38H,16,19,21,23H2/t30-,32-/m1/s1. The van der Waals surface area contributed by atoms with E-state index in [9.17, 15) is 4.39 Å². The SMILES string of the molecule is Fc1ccc(-c2[nH]cc(C3=C[C@@H]4C[C@@H](c5ccc(-c6ccccc6)cc5)CN4CC3)c2-c2ccncc2)cc1. The Morgan fingerprint density at radius 2 is 1.49 bits per heavy atom. The Bertz CT molecular complexity index is 1600. The number of hydrogen-bond acceptors (Lipinski definition) is 2. The van der Waals surface area contributed by atoms with Crippen LogP contribution in [0.25, 0.3) is 39.1 Å². The van der Waals surface area contributed by atoms with E-state index >= 15 is 0 Å². The molecule has 3 aromatic carbocycles. The molecule has 2 aliphatic heterocycles. The number of aromatic nitrogens is 2. The Kier molecular flexibility index (Phi) is 6.18. The van der Waals surface area contributed by atoms with Gasteiger partial charge in [0.05, 0.1) is 5.69 Å². The van der Waals surface area contributed by atoms with Crippen LogP contribution in [0.4, 0.5) is 4.39 Å². The lowest BCUT2D eigenvalue weighted by atomic mass is 9.89. The van der Waals surface area contributed by atoms with Gasteiger partial charge in [-0.3, -0.25) is 9.88 Å². The summed E-state index contributed by atoms with van der Waals surface area (Å²) in [6, 6.07) is 31.0. The minimum atomic E-state index is -0.225. The van der Waals surface area contributed by atoms with Crippen molar-refractivity contribution in [2.24, 2.45) is 0 Å². The molecule has 3 nitrogen and oxygen atoms in total. The molecule has 7 rings (SSSR count). The highest BCUT2D eigenvalue weighted by molar-refractivity contribution is 5.91. The van der Waals surface area contributed by atoms with Gasteiger partial charge in [0.25, 0.3) is 0 Å². The monoisotopic (exact) mass is 511 g/mol. The number of aromatic amines is 1. The normalized spacial score (nSPS) is 19.1. The molecule has 0 bridgehead atoms. The molecule has 2 atom stereocenters. The largest absolute Gasteiger partial charge is 0.360 e. The Morgan fingerprint density at radius 3 is 2.26 bits per heavy atom. The summed E-state index contributed by atoms with van der Waals surface area (Å²) in [6.45, 7) is 2.16. The summed E-state index contributed by atoms with van der Waals surface area (Å²) < 4.78 is 13.7. The molecule has 0 aliphatic carbocycles. The quantitative estimate of drug-likeness (QED) is 0.258. The highest BCUT2D eigenvalue weighted by Gasteiger charge is 2.34. The zero-order chi connectivity index (χ0) is 26.2. The third kappa shape index (κ3) is 4.62. The zero-order valence-electron chi connectivity index (χ0n) is 21.7. The van der Waals surface area contributed by atoms with Gasteiger partial charge in [-0.05, 0) is 88.5 Å². The molecule has 4 heteroatoms. The van der Waals surface area contributed by atoms with Crippen LogP contribution >= 0.6 is 0 Å². The van der Waals surface area contributed by atoms with Gasteiger partial charge in [-0.15, -0.1) is 0 Å². The van der Waals surface area contributed by atoms with Crippen molar-refractivity contribution in [2.45, 2.75) is 24.8 Å². The molecule has 0 unspecified atom stereocenters. The maximum absolute atomic E-state index is 13.7. The van der Waals surface area contributed by atoms with Crippen LogP contribution in [0.2, 0.25) is 0 Å². The molecule has 1 fully saturated rings. The summed E-state index contributed by atoms with van der Waals surface area (Å²) in [5, 5.41) is 0. The van der Waals surface area contributed by atoms with Gasteiger partial charge in [0.1, 0.15) is 5.82 Å². The first-order chi connectivity index (χ1) is 19.2. The Labute approximate surface area is 228 Å². The van der Waals surface area contributed by atoms with E-state index in [1.165, 1.54) is 40.0 Å². The van der Waals surface area contributed by atoms with Crippen molar-refractivity contribution >= 4 is 5.57 Å². The predicted molar refractivity (Wildman–Crippen MR) is 157 cm³/mol. The average Bonchev–Trinajstić information content (AvgIpc) is 3.63. The average molecular weight is 512 g/mol. The van der Waals surface area contributed by atoms with Gasteiger partial charge in [-0.25, -0.2) is 4.39 Å². The fourth-order valence-electron chi connectivity index (χ4n) is 6.33. The molecule has 0 radical (unpaired) electrons. The van der Waals surface area contributed by atoms with Crippen LogP contribution in [0.1, 0.15) is 29.9 Å². The Morgan fingerprint density at radius 1 is 0.769 bits per heavy atom. The smallest absolute Gasteiger partial charge is 0.123 e. The summed E-state index contributed by atoms with van der Waals surface area (Å²) in [5.74, 6) is 0.313. The highest BCUT2D eigenvalue weighted by Crippen LogP contribution is 2.43. The third-order valence-electron chi connectivity index (χ3n) is 8.33. The number of hydrogen-bond donors (Lipinski definition) is 1. The number of fused-ring (bicyclic) bond motifs is 1. The topological polar surface area (TPSA) is 31.9 Å². The van der Waals surface area contributed by atoms with E-state index in [0.29, 0.717) is 12.0 Å². The number of H-pyrrole nitrogens is 1. The van der Waals surface area contributed by atoms with E-state index in [0.717, 1.165) is 48.3 Å². The fourth-order valence-corrected chi connectivity index (χ4v) is 6.33. The summed E-state index contributed by atoms with van der Waals surface area (Å²) in [4.78, 5) is 10.4. The van der Waals surface area contributed by atoms with Crippen molar-refractivity contribution in [1.29, 1.82) is 0 Å². The molecule has 39 heavy (non-hydrogen) atoms. The Balaban J connectivity index is 1.18. The molecule has 0 spiro atoms. The lowest BCUT2D eigenvalue weighted by molar-refractivity contribution is 0.286. The molecule has 1 N–H and O–H groups in total. The van der Waals surface area contributed by atoms with Gasteiger partial charge >= 0.3 is 0 Å². The van der Waals surface area contributed by atoms with E-state index in [1.807, 2.05) is 24.5 Å². The maximum atomic E-state index is 13.7. The highest BCUT2D eigenvalue weighted by atomic mass is 19.1. The van der Waals surface area contributed by atoms with Gasteiger partial charge < -0.3 is 4.98 Å². The first kappa shape index (κ1) is 23.8. The van der Waals surface area contributed by atoms with Gasteiger partial charge in [0.2, 0.25) is 0 Å². The van der Waals surface area contributed by atoms with Crippen molar-refractivity contribution in [3.05, 3.63) is 133 Å². The molecule has 0 saturated carbocycles.